The number of nitrogens with zero attached hydrogens (tertiary/aromatic N) is 2. The molecule has 0 aliphatic carbocycles. The van der Waals surface area contributed by atoms with Gasteiger partial charge in [0.1, 0.15) is 5.82 Å². The second-order valence-electron chi connectivity index (χ2n) is 3.69. The molecule has 0 fully saturated rings. The molecule has 1 unspecified atom stereocenters. The molecule has 0 amide bonds. The second-order valence-corrected chi connectivity index (χ2v) is 4.68. The summed E-state index contributed by atoms with van der Waals surface area (Å²) in [7, 11) is 0. The molecule has 0 aliphatic heterocycles. The lowest BCUT2D eigenvalue weighted by Crippen LogP contribution is -2.27. The third kappa shape index (κ3) is 4.26. The lowest BCUT2D eigenvalue weighted by molar-refractivity contribution is 0.513. The van der Waals surface area contributed by atoms with Gasteiger partial charge in [0.2, 0.25) is 0 Å². The van der Waals surface area contributed by atoms with E-state index in [0.29, 0.717) is 6.04 Å². The minimum atomic E-state index is 0.569. The number of hydrogen-bond acceptors (Lipinski definition) is 3. The van der Waals surface area contributed by atoms with Crippen LogP contribution in [-0.4, -0.2) is 27.6 Å². The predicted octanol–water partition coefficient (Wildman–Crippen LogP) is 2.13. The third-order valence-corrected chi connectivity index (χ3v) is 3.15. The number of hydrogen-bond donors (Lipinski definition) is 1. The fourth-order valence-electron chi connectivity index (χ4n) is 1.46. The molecule has 0 saturated carbocycles. The van der Waals surface area contributed by atoms with Crippen LogP contribution in [0.25, 0.3) is 0 Å². The van der Waals surface area contributed by atoms with Gasteiger partial charge < -0.3 is 9.88 Å². The molecule has 0 radical (unpaired) electrons. The number of imidazole rings is 1. The van der Waals surface area contributed by atoms with Crippen molar-refractivity contribution in [3.63, 3.8) is 0 Å². The van der Waals surface area contributed by atoms with Crippen molar-refractivity contribution in [1.82, 2.24) is 14.9 Å². The SMILES string of the molecule is CCn1ccnc1CNC(C)CCSC. The molecule has 0 aromatic carbocycles. The minimum Gasteiger partial charge on any atom is -0.334 e. The Morgan fingerprint density at radius 3 is 3.07 bits per heavy atom. The van der Waals surface area contributed by atoms with Crippen molar-refractivity contribution in [2.45, 2.75) is 39.4 Å². The molecule has 1 heterocycles. The summed E-state index contributed by atoms with van der Waals surface area (Å²) in [6.45, 7) is 6.24. The van der Waals surface area contributed by atoms with Crippen LogP contribution >= 0.6 is 11.8 Å². The van der Waals surface area contributed by atoms with Crippen molar-refractivity contribution in [3.05, 3.63) is 18.2 Å². The van der Waals surface area contributed by atoms with Crippen LogP contribution in [0.2, 0.25) is 0 Å². The summed E-state index contributed by atoms with van der Waals surface area (Å²) in [6, 6.07) is 0.569. The second kappa shape index (κ2) is 6.90. The Balaban J connectivity index is 2.30. The Morgan fingerprint density at radius 2 is 2.40 bits per heavy atom. The third-order valence-electron chi connectivity index (χ3n) is 2.51. The van der Waals surface area contributed by atoms with Crippen LogP contribution in [0.3, 0.4) is 0 Å². The van der Waals surface area contributed by atoms with E-state index in [9.17, 15) is 0 Å². The van der Waals surface area contributed by atoms with E-state index in [0.717, 1.165) is 18.9 Å². The van der Waals surface area contributed by atoms with Crippen molar-refractivity contribution in [3.8, 4) is 0 Å². The summed E-state index contributed by atoms with van der Waals surface area (Å²) in [5.74, 6) is 2.35. The largest absolute Gasteiger partial charge is 0.334 e. The molecule has 4 heteroatoms. The van der Waals surface area contributed by atoms with Crippen LogP contribution < -0.4 is 5.32 Å². The first-order chi connectivity index (χ1) is 7.27. The van der Waals surface area contributed by atoms with Crippen molar-refractivity contribution in [1.29, 1.82) is 0 Å². The van der Waals surface area contributed by atoms with E-state index in [2.05, 4.69) is 35.0 Å². The van der Waals surface area contributed by atoms with E-state index in [-0.39, 0.29) is 0 Å². The van der Waals surface area contributed by atoms with E-state index in [1.807, 2.05) is 24.2 Å². The van der Waals surface area contributed by atoms with Gasteiger partial charge in [-0.25, -0.2) is 4.98 Å². The van der Waals surface area contributed by atoms with Gasteiger partial charge in [-0.15, -0.1) is 0 Å². The van der Waals surface area contributed by atoms with Crippen molar-refractivity contribution >= 4 is 11.8 Å². The quantitative estimate of drug-likeness (QED) is 0.774. The highest BCUT2D eigenvalue weighted by Gasteiger charge is 2.04. The van der Waals surface area contributed by atoms with E-state index in [1.165, 1.54) is 12.2 Å². The Kier molecular flexibility index (Phi) is 5.79. The molecular formula is C11H21N3S. The first-order valence-electron chi connectivity index (χ1n) is 5.50. The zero-order valence-corrected chi connectivity index (χ0v) is 10.7. The van der Waals surface area contributed by atoms with Crippen LogP contribution in [0.4, 0.5) is 0 Å². The number of aromatic nitrogens is 2. The Hall–Kier alpha value is -0.480. The molecule has 1 aromatic heterocycles. The van der Waals surface area contributed by atoms with Gasteiger partial charge in [0.15, 0.2) is 0 Å². The predicted molar refractivity (Wildman–Crippen MR) is 67.2 cm³/mol. The Labute approximate surface area is 96.7 Å². The first kappa shape index (κ1) is 12.6. The zero-order chi connectivity index (χ0) is 11.1. The van der Waals surface area contributed by atoms with Gasteiger partial charge in [0, 0.05) is 25.0 Å². The molecular weight excluding hydrogens is 206 g/mol. The summed E-state index contributed by atoms with van der Waals surface area (Å²) in [5.41, 5.74) is 0. The summed E-state index contributed by atoms with van der Waals surface area (Å²) in [5, 5.41) is 3.50. The zero-order valence-electron chi connectivity index (χ0n) is 9.86. The molecule has 0 aliphatic rings. The number of rotatable bonds is 7. The van der Waals surface area contributed by atoms with Gasteiger partial charge >= 0.3 is 0 Å². The molecule has 86 valence electrons. The fraction of sp³-hybridized carbons (Fsp3) is 0.727. The van der Waals surface area contributed by atoms with Crippen LogP contribution in [0.1, 0.15) is 26.1 Å². The molecule has 1 rings (SSSR count). The summed E-state index contributed by atoms with van der Waals surface area (Å²) in [4.78, 5) is 4.33. The summed E-state index contributed by atoms with van der Waals surface area (Å²) >= 11 is 1.90. The van der Waals surface area contributed by atoms with Gasteiger partial charge in [-0.2, -0.15) is 11.8 Å². The topological polar surface area (TPSA) is 29.9 Å². The lowest BCUT2D eigenvalue weighted by atomic mass is 10.2. The monoisotopic (exact) mass is 227 g/mol. The molecule has 1 aromatic rings. The number of thioether (sulfide) groups is 1. The van der Waals surface area contributed by atoms with Crippen molar-refractivity contribution in [2.24, 2.45) is 0 Å². The molecule has 0 saturated heterocycles. The molecule has 1 N–H and O–H groups in total. The maximum absolute atomic E-state index is 4.33. The average molecular weight is 227 g/mol. The summed E-state index contributed by atoms with van der Waals surface area (Å²) in [6.07, 6.45) is 7.27. The van der Waals surface area contributed by atoms with Crippen molar-refractivity contribution < 1.29 is 0 Å². The molecule has 0 spiro atoms. The Morgan fingerprint density at radius 1 is 1.60 bits per heavy atom. The Bertz CT molecular complexity index is 273. The highest BCUT2D eigenvalue weighted by molar-refractivity contribution is 7.98. The van der Waals surface area contributed by atoms with Gasteiger partial charge in [0.25, 0.3) is 0 Å². The van der Waals surface area contributed by atoms with Crippen LogP contribution in [0.15, 0.2) is 12.4 Å². The molecule has 15 heavy (non-hydrogen) atoms. The normalized spacial score (nSPS) is 13.0. The van der Waals surface area contributed by atoms with Crippen molar-refractivity contribution in [2.75, 3.05) is 12.0 Å². The van der Waals surface area contributed by atoms with Gasteiger partial charge in [-0.1, -0.05) is 0 Å². The van der Waals surface area contributed by atoms with Gasteiger partial charge in [-0.3, -0.25) is 0 Å². The van der Waals surface area contributed by atoms with Crippen LogP contribution in [0.5, 0.6) is 0 Å². The highest BCUT2D eigenvalue weighted by atomic mass is 32.2. The number of nitrogens with one attached hydrogen (secondary N) is 1. The van der Waals surface area contributed by atoms with E-state index in [4.69, 9.17) is 0 Å². The highest BCUT2D eigenvalue weighted by Crippen LogP contribution is 2.02. The lowest BCUT2D eigenvalue weighted by Gasteiger charge is -2.13. The van der Waals surface area contributed by atoms with E-state index in [1.54, 1.807) is 0 Å². The van der Waals surface area contributed by atoms with Gasteiger partial charge in [-0.05, 0) is 32.3 Å². The fourth-order valence-corrected chi connectivity index (χ4v) is 2.05. The summed E-state index contributed by atoms with van der Waals surface area (Å²) < 4.78 is 2.17. The van der Waals surface area contributed by atoms with Gasteiger partial charge in [0.05, 0.1) is 6.54 Å². The smallest absolute Gasteiger partial charge is 0.122 e. The molecule has 3 nitrogen and oxygen atoms in total. The van der Waals surface area contributed by atoms with Crippen LogP contribution in [-0.2, 0) is 13.1 Å². The van der Waals surface area contributed by atoms with Crippen LogP contribution in [0, 0.1) is 0 Å². The molecule has 1 atom stereocenters. The van der Waals surface area contributed by atoms with E-state index >= 15 is 0 Å². The maximum atomic E-state index is 4.33. The first-order valence-corrected chi connectivity index (χ1v) is 6.89. The minimum absolute atomic E-state index is 0.569. The number of aryl methyl sites for hydroxylation is 1. The average Bonchev–Trinajstić information content (AvgIpc) is 2.70. The maximum Gasteiger partial charge on any atom is 0.122 e. The molecule has 0 bridgehead atoms. The standard InChI is InChI=1S/C11H21N3S/c1-4-14-7-6-12-11(14)9-13-10(2)5-8-15-3/h6-7,10,13H,4-5,8-9H2,1-3H3. The van der Waals surface area contributed by atoms with E-state index < -0.39 is 0 Å².